The zero-order valence-corrected chi connectivity index (χ0v) is 17.4. The summed E-state index contributed by atoms with van der Waals surface area (Å²) in [5.74, 6) is 1.75. The van der Waals surface area contributed by atoms with Crippen molar-refractivity contribution in [3.8, 4) is 0 Å². The molecule has 0 amide bonds. The molecule has 2 heterocycles. The molecule has 0 radical (unpaired) electrons. The molecule has 5 nitrogen and oxygen atoms in total. The van der Waals surface area contributed by atoms with Gasteiger partial charge in [0.1, 0.15) is 5.83 Å². The number of allylic oxidation sites excluding steroid dienone is 4. The number of hydrogen-bond donors (Lipinski definition) is 0. The summed E-state index contributed by atoms with van der Waals surface area (Å²) in [5, 5.41) is 7.58. The van der Waals surface area contributed by atoms with Crippen LogP contribution in [0.2, 0.25) is 0 Å². The molecule has 31 heavy (non-hydrogen) atoms. The smallest absolute Gasteiger partial charge is 0.401 e. The molecule has 2 aliphatic carbocycles. The summed E-state index contributed by atoms with van der Waals surface area (Å²) in [6, 6.07) is 0. The normalized spacial score (nSPS) is 27.7. The molecular weight excluding hydrogens is 414 g/mol. The SMILES string of the molecule is Cc1nnc(C2=C(F)C=CC(OCCC3CC3C3CCN(CC(F)(F)F)CC3)C=C2)o1. The van der Waals surface area contributed by atoms with Crippen LogP contribution in [0.15, 0.2) is 34.5 Å². The Morgan fingerprint density at radius 3 is 2.58 bits per heavy atom. The van der Waals surface area contributed by atoms with Gasteiger partial charge in [-0.05, 0) is 74.8 Å². The summed E-state index contributed by atoms with van der Waals surface area (Å²) >= 11 is 0. The number of alkyl halides is 3. The number of aromatic nitrogens is 2. The molecule has 1 saturated carbocycles. The Balaban J connectivity index is 1.18. The first kappa shape index (κ1) is 22.2. The average Bonchev–Trinajstić information content (AvgIpc) is 3.39. The van der Waals surface area contributed by atoms with Crippen LogP contribution in [-0.4, -0.2) is 53.6 Å². The lowest BCUT2D eigenvalue weighted by Gasteiger charge is -2.32. The van der Waals surface area contributed by atoms with Crippen LogP contribution in [0.25, 0.3) is 5.57 Å². The first-order valence-electron chi connectivity index (χ1n) is 10.8. The van der Waals surface area contributed by atoms with E-state index in [2.05, 4.69) is 10.2 Å². The third-order valence-electron chi connectivity index (χ3n) is 6.32. The van der Waals surface area contributed by atoms with Gasteiger partial charge < -0.3 is 9.15 Å². The van der Waals surface area contributed by atoms with E-state index in [1.807, 2.05) is 0 Å². The molecule has 3 unspecified atom stereocenters. The highest BCUT2D eigenvalue weighted by molar-refractivity contribution is 5.73. The topological polar surface area (TPSA) is 51.4 Å². The van der Waals surface area contributed by atoms with Crippen LogP contribution >= 0.6 is 0 Å². The number of aryl methyl sites for hydroxylation is 1. The number of ether oxygens (including phenoxy) is 1. The Morgan fingerprint density at radius 1 is 1.16 bits per heavy atom. The van der Waals surface area contributed by atoms with Crippen LogP contribution in [0.4, 0.5) is 17.6 Å². The summed E-state index contributed by atoms with van der Waals surface area (Å²) in [5.41, 5.74) is 0.238. The van der Waals surface area contributed by atoms with Gasteiger partial charge in [0.15, 0.2) is 0 Å². The molecule has 4 rings (SSSR count). The number of nitrogens with zero attached hydrogens (tertiary/aromatic N) is 3. The zero-order chi connectivity index (χ0) is 22.0. The first-order chi connectivity index (χ1) is 14.8. The summed E-state index contributed by atoms with van der Waals surface area (Å²) in [4.78, 5) is 1.51. The minimum Gasteiger partial charge on any atom is -0.421 e. The van der Waals surface area contributed by atoms with Crippen molar-refractivity contribution >= 4 is 5.57 Å². The number of rotatable bonds is 7. The van der Waals surface area contributed by atoms with Crippen LogP contribution in [0.5, 0.6) is 0 Å². The molecule has 1 saturated heterocycles. The summed E-state index contributed by atoms with van der Waals surface area (Å²) in [6.45, 7) is 2.47. The third-order valence-corrected chi connectivity index (χ3v) is 6.32. The van der Waals surface area contributed by atoms with Crippen molar-refractivity contribution in [3.05, 3.63) is 41.9 Å². The van der Waals surface area contributed by atoms with Gasteiger partial charge in [0.05, 0.1) is 18.2 Å². The molecule has 1 aromatic heterocycles. The molecule has 1 aromatic rings. The van der Waals surface area contributed by atoms with Crippen molar-refractivity contribution in [2.75, 3.05) is 26.2 Å². The van der Waals surface area contributed by atoms with Crippen molar-refractivity contribution in [2.45, 2.75) is 44.9 Å². The van der Waals surface area contributed by atoms with Gasteiger partial charge in [0.25, 0.3) is 5.89 Å². The van der Waals surface area contributed by atoms with Gasteiger partial charge in [-0.25, -0.2) is 4.39 Å². The summed E-state index contributed by atoms with van der Waals surface area (Å²) < 4.78 is 63.1. The quantitative estimate of drug-likeness (QED) is 0.565. The molecular formula is C22H27F4N3O2. The van der Waals surface area contributed by atoms with Crippen molar-refractivity contribution < 1.29 is 26.7 Å². The fraction of sp³-hybridized carbons (Fsp3) is 0.636. The molecule has 1 aliphatic heterocycles. The van der Waals surface area contributed by atoms with Crippen LogP contribution < -0.4 is 0 Å². The van der Waals surface area contributed by atoms with Gasteiger partial charge in [-0.2, -0.15) is 13.2 Å². The molecule has 3 atom stereocenters. The molecule has 9 heteroatoms. The average molecular weight is 441 g/mol. The first-order valence-corrected chi connectivity index (χ1v) is 10.8. The van der Waals surface area contributed by atoms with Crippen LogP contribution in [-0.2, 0) is 4.74 Å². The zero-order valence-electron chi connectivity index (χ0n) is 17.4. The molecule has 0 aromatic carbocycles. The monoisotopic (exact) mass is 441 g/mol. The Labute approximate surface area is 178 Å². The lowest BCUT2D eigenvalue weighted by Crippen LogP contribution is -2.40. The maximum Gasteiger partial charge on any atom is 0.401 e. The van der Waals surface area contributed by atoms with Gasteiger partial charge in [0, 0.05) is 13.5 Å². The van der Waals surface area contributed by atoms with E-state index in [0.29, 0.717) is 43.3 Å². The number of hydrogen-bond acceptors (Lipinski definition) is 5. The van der Waals surface area contributed by atoms with E-state index in [1.54, 1.807) is 25.2 Å². The van der Waals surface area contributed by atoms with Crippen molar-refractivity contribution in [1.82, 2.24) is 15.1 Å². The van der Waals surface area contributed by atoms with E-state index < -0.39 is 18.5 Å². The van der Waals surface area contributed by atoms with Crippen molar-refractivity contribution in [2.24, 2.45) is 17.8 Å². The van der Waals surface area contributed by atoms with E-state index >= 15 is 0 Å². The maximum absolute atomic E-state index is 14.3. The molecule has 0 bridgehead atoms. The Bertz CT molecular complexity index is 853. The Hall–Kier alpha value is -2.00. The highest BCUT2D eigenvalue weighted by Crippen LogP contribution is 2.49. The highest BCUT2D eigenvalue weighted by atomic mass is 19.4. The fourth-order valence-electron chi connectivity index (χ4n) is 4.62. The van der Waals surface area contributed by atoms with Gasteiger partial charge in [-0.3, -0.25) is 4.90 Å². The molecule has 0 spiro atoms. The fourth-order valence-corrected chi connectivity index (χ4v) is 4.62. The molecule has 170 valence electrons. The van der Waals surface area contributed by atoms with Crippen LogP contribution in [0.3, 0.4) is 0 Å². The second-order valence-corrected chi connectivity index (χ2v) is 8.62. The third kappa shape index (κ3) is 6.04. The van der Waals surface area contributed by atoms with Crippen LogP contribution in [0.1, 0.15) is 37.5 Å². The van der Waals surface area contributed by atoms with Gasteiger partial charge >= 0.3 is 6.18 Å². The van der Waals surface area contributed by atoms with E-state index in [4.69, 9.17) is 9.15 Å². The minimum atomic E-state index is -4.11. The summed E-state index contributed by atoms with van der Waals surface area (Å²) in [6.07, 6.45) is 5.64. The predicted molar refractivity (Wildman–Crippen MR) is 107 cm³/mol. The number of likely N-dealkylation sites (tertiary alicyclic amines) is 1. The van der Waals surface area contributed by atoms with E-state index in [9.17, 15) is 17.6 Å². The Morgan fingerprint density at radius 2 is 1.90 bits per heavy atom. The second-order valence-electron chi connectivity index (χ2n) is 8.62. The van der Waals surface area contributed by atoms with Gasteiger partial charge in [0.2, 0.25) is 5.89 Å². The van der Waals surface area contributed by atoms with E-state index in [1.165, 1.54) is 11.0 Å². The Kier molecular flexibility index (Phi) is 6.62. The largest absolute Gasteiger partial charge is 0.421 e. The standard InChI is InChI=1S/C22H27F4N3O2/c1-14-27-28-21(31-14)18-4-2-17(3-5-20(18)23)30-11-8-16-12-19(16)15-6-9-29(10-7-15)13-22(24,25)26/h2-5,15-17,19H,6-13H2,1H3. The van der Waals surface area contributed by atoms with Gasteiger partial charge in [-0.15, -0.1) is 10.2 Å². The van der Waals surface area contributed by atoms with Crippen LogP contribution in [0, 0.1) is 24.7 Å². The highest BCUT2D eigenvalue weighted by Gasteiger charge is 2.43. The van der Waals surface area contributed by atoms with Crippen molar-refractivity contribution in [3.63, 3.8) is 0 Å². The predicted octanol–water partition coefficient (Wildman–Crippen LogP) is 4.87. The number of halogens is 4. The molecule has 0 N–H and O–H groups in total. The van der Waals surface area contributed by atoms with E-state index in [-0.39, 0.29) is 17.6 Å². The lowest BCUT2D eigenvalue weighted by molar-refractivity contribution is -0.148. The van der Waals surface area contributed by atoms with E-state index in [0.717, 1.165) is 25.7 Å². The number of piperidine rings is 1. The second kappa shape index (κ2) is 9.24. The van der Waals surface area contributed by atoms with Crippen molar-refractivity contribution in [1.29, 1.82) is 0 Å². The van der Waals surface area contributed by atoms with Gasteiger partial charge in [-0.1, -0.05) is 6.08 Å². The maximum atomic E-state index is 14.3. The lowest BCUT2D eigenvalue weighted by atomic mass is 9.90. The minimum absolute atomic E-state index is 0.138. The molecule has 2 fully saturated rings. The summed E-state index contributed by atoms with van der Waals surface area (Å²) in [7, 11) is 0. The molecule has 3 aliphatic rings.